The van der Waals surface area contributed by atoms with Crippen molar-refractivity contribution in [3.63, 3.8) is 0 Å². The number of hydrogen-bond acceptors (Lipinski definition) is 3. The Hall–Kier alpha value is -2.70. The van der Waals surface area contributed by atoms with Crippen molar-refractivity contribution in [3.05, 3.63) is 82.9 Å². The number of aliphatic hydroxyl groups is 1. The van der Waals surface area contributed by atoms with Crippen molar-refractivity contribution in [2.75, 3.05) is 13.2 Å². The maximum Gasteiger partial charge on any atom is 0.170 e. The number of β-amino-alcohol motifs (C(OH)–C–C–N with tert-alkyl or cyclic N) is 1. The third-order valence-corrected chi connectivity index (χ3v) is 6.04. The Morgan fingerprint density at radius 1 is 1.10 bits per heavy atom. The Balaban J connectivity index is 1.85. The van der Waals surface area contributed by atoms with Gasteiger partial charge in [-0.05, 0) is 68.4 Å². The number of aromatic nitrogens is 2. The standard InChI is InChI=1S/C23H26N4OS/c1-15-8-4-5-10-20(15)27-16(2)14-18(17(27)3)22-21(19-9-6-7-11-24-19)25-23(29)26(22)12-13-28/h4-11,14,21-22,28H,12-13H2,1-3H3,(H,25,29)/t21-,22+/m0/s1. The zero-order valence-corrected chi connectivity index (χ0v) is 17.8. The van der Waals surface area contributed by atoms with Crippen molar-refractivity contribution in [1.29, 1.82) is 0 Å². The first-order valence-corrected chi connectivity index (χ1v) is 10.3. The Morgan fingerprint density at radius 2 is 1.86 bits per heavy atom. The fraction of sp³-hybridized carbons (Fsp3) is 0.304. The van der Waals surface area contributed by atoms with Gasteiger partial charge >= 0.3 is 0 Å². The molecule has 4 rings (SSSR count). The molecule has 2 aromatic heterocycles. The van der Waals surface area contributed by atoms with Gasteiger partial charge in [-0.3, -0.25) is 4.98 Å². The highest BCUT2D eigenvalue weighted by molar-refractivity contribution is 7.80. The van der Waals surface area contributed by atoms with Gasteiger partial charge in [-0.15, -0.1) is 0 Å². The third kappa shape index (κ3) is 3.43. The van der Waals surface area contributed by atoms with Crippen LogP contribution >= 0.6 is 12.2 Å². The molecule has 2 N–H and O–H groups in total. The second-order valence-corrected chi connectivity index (χ2v) is 7.88. The highest BCUT2D eigenvalue weighted by Crippen LogP contribution is 2.41. The summed E-state index contributed by atoms with van der Waals surface area (Å²) in [6.07, 6.45) is 1.81. The van der Waals surface area contributed by atoms with Crippen LogP contribution in [0.1, 0.15) is 40.3 Å². The lowest BCUT2D eigenvalue weighted by Gasteiger charge is -2.27. The van der Waals surface area contributed by atoms with Crippen LogP contribution in [0.2, 0.25) is 0 Å². The molecular weight excluding hydrogens is 380 g/mol. The molecule has 0 bridgehead atoms. The van der Waals surface area contributed by atoms with Crippen molar-refractivity contribution in [3.8, 4) is 5.69 Å². The average molecular weight is 407 g/mol. The molecule has 3 aromatic rings. The molecule has 1 aromatic carbocycles. The number of para-hydroxylation sites is 1. The third-order valence-electron chi connectivity index (χ3n) is 5.68. The lowest BCUT2D eigenvalue weighted by Crippen LogP contribution is -2.32. The van der Waals surface area contributed by atoms with Gasteiger partial charge in [0, 0.05) is 29.8 Å². The first-order chi connectivity index (χ1) is 14.0. The Morgan fingerprint density at radius 3 is 2.55 bits per heavy atom. The molecule has 1 saturated heterocycles. The monoisotopic (exact) mass is 406 g/mol. The molecule has 2 atom stereocenters. The second-order valence-electron chi connectivity index (χ2n) is 7.49. The average Bonchev–Trinajstić information content (AvgIpc) is 3.19. The summed E-state index contributed by atoms with van der Waals surface area (Å²) in [5.74, 6) is 0. The minimum absolute atomic E-state index is 0.0338. The van der Waals surface area contributed by atoms with E-state index in [1.807, 2.05) is 24.4 Å². The molecule has 0 unspecified atom stereocenters. The number of benzene rings is 1. The van der Waals surface area contributed by atoms with Crippen LogP contribution in [0.5, 0.6) is 0 Å². The molecule has 1 aliphatic rings. The lowest BCUT2D eigenvalue weighted by molar-refractivity contribution is 0.223. The van der Waals surface area contributed by atoms with Crippen LogP contribution in [0.3, 0.4) is 0 Å². The summed E-state index contributed by atoms with van der Waals surface area (Å²) in [5, 5.41) is 13.7. The highest BCUT2D eigenvalue weighted by Gasteiger charge is 2.41. The smallest absolute Gasteiger partial charge is 0.170 e. The van der Waals surface area contributed by atoms with Crippen LogP contribution in [0, 0.1) is 20.8 Å². The number of aliphatic hydroxyl groups excluding tert-OH is 1. The quantitative estimate of drug-likeness (QED) is 0.632. The molecule has 3 heterocycles. The van der Waals surface area contributed by atoms with E-state index in [1.165, 1.54) is 28.2 Å². The van der Waals surface area contributed by atoms with Gasteiger partial charge in [0.2, 0.25) is 0 Å². The number of aryl methyl sites for hydroxylation is 2. The molecule has 0 aliphatic carbocycles. The number of nitrogens with zero attached hydrogens (tertiary/aromatic N) is 3. The van der Waals surface area contributed by atoms with Gasteiger partial charge in [0.05, 0.1) is 24.4 Å². The van der Waals surface area contributed by atoms with E-state index in [4.69, 9.17) is 12.2 Å². The summed E-state index contributed by atoms with van der Waals surface area (Å²) in [7, 11) is 0. The van der Waals surface area contributed by atoms with E-state index in [2.05, 4.69) is 70.9 Å². The van der Waals surface area contributed by atoms with Gasteiger partial charge in [0.1, 0.15) is 0 Å². The van der Waals surface area contributed by atoms with E-state index >= 15 is 0 Å². The number of rotatable bonds is 5. The van der Waals surface area contributed by atoms with Gasteiger partial charge in [-0.1, -0.05) is 24.3 Å². The molecule has 5 nitrogen and oxygen atoms in total. The lowest BCUT2D eigenvalue weighted by atomic mass is 9.97. The normalized spacial score (nSPS) is 18.9. The second kappa shape index (κ2) is 7.97. The number of nitrogens with one attached hydrogen (secondary N) is 1. The maximum absolute atomic E-state index is 9.66. The zero-order valence-electron chi connectivity index (χ0n) is 17.0. The molecule has 0 radical (unpaired) electrons. The molecular formula is C23H26N4OS. The number of thiocarbonyl (C=S) groups is 1. The van der Waals surface area contributed by atoms with E-state index in [0.717, 1.165) is 5.69 Å². The fourth-order valence-corrected chi connectivity index (χ4v) is 4.70. The summed E-state index contributed by atoms with van der Waals surface area (Å²) in [5.41, 5.74) is 6.91. The molecule has 6 heteroatoms. The van der Waals surface area contributed by atoms with Crippen molar-refractivity contribution < 1.29 is 5.11 Å². The molecule has 150 valence electrons. The molecule has 0 saturated carbocycles. The van der Waals surface area contributed by atoms with Gasteiger partial charge in [0.25, 0.3) is 0 Å². The van der Waals surface area contributed by atoms with Gasteiger partial charge in [0.15, 0.2) is 5.11 Å². The van der Waals surface area contributed by atoms with Crippen molar-refractivity contribution in [2.24, 2.45) is 0 Å². The first kappa shape index (κ1) is 19.6. The summed E-state index contributed by atoms with van der Waals surface area (Å²) >= 11 is 5.63. The maximum atomic E-state index is 9.66. The number of pyridine rings is 1. The minimum atomic E-state index is -0.0685. The highest BCUT2D eigenvalue weighted by atomic mass is 32.1. The summed E-state index contributed by atoms with van der Waals surface area (Å²) < 4.78 is 2.30. The first-order valence-electron chi connectivity index (χ1n) is 9.86. The Bertz CT molecular complexity index is 1030. The molecule has 1 aliphatic heterocycles. The van der Waals surface area contributed by atoms with E-state index in [0.29, 0.717) is 11.7 Å². The number of hydrogen-bond donors (Lipinski definition) is 2. The fourth-order valence-electron chi connectivity index (χ4n) is 4.36. The summed E-state index contributed by atoms with van der Waals surface area (Å²) in [4.78, 5) is 6.66. The van der Waals surface area contributed by atoms with E-state index in [-0.39, 0.29) is 18.7 Å². The molecule has 0 spiro atoms. The predicted octanol–water partition coefficient (Wildman–Crippen LogP) is 3.76. The van der Waals surface area contributed by atoms with E-state index in [1.54, 1.807) is 0 Å². The van der Waals surface area contributed by atoms with Crippen molar-refractivity contribution in [2.45, 2.75) is 32.9 Å². The van der Waals surface area contributed by atoms with Crippen LogP contribution in [0.15, 0.2) is 54.7 Å². The predicted molar refractivity (Wildman–Crippen MR) is 119 cm³/mol. The van der Waals surface area contributed by atoms with Crippen LogP contribution in [0.25, 0.3) is 5.69 Å². The molecule has 29 heavy (non-hydrogen) atoms. The topological polar surface area (TPSA) is 53.3 Å². The summed E-state index contributed by atoms with van der Waals surface area (Å²) in [6.45, 7) is 6.95. The summed E-state index contributed by atoms with van der Waals surface area (Å²) in [6, 6.07) is 16.5. The van der Waals surface area contributed by atoms with Gasteiger partial charge < -0.3 is 19.9 Å². The Labute approximate surface area is 177 Å². The largest absolute Gasteiger partial charge is 0.395 e. The van der Waals surface area contributed by atoms with Crippen LogP contribution in [0.4, 0.5) is 0 Å². The van der Waals surface area contributed by atoms with Crippen molar-refractivity contribution in [1.82, 2.24) is 19.8 Å². The van der Waals surface area contributed by atoms with Crippen LogP contribution < -0.4 is 5.32 Å². The van der Waals surface area contributed by atoms with Crippen LogP contribution in [-0.4, -0.2) is 37.8 Å². The van der Waals surface area contributed by atoms with Crippen molar-refractivity contribution >= 4 is 17.3 Å². The van der Waals surface area contributed by atoms with E-state index < -0.39 is 0 Å². The van der Waals surface area contributed by atoms with Crippen LogP contribution in [-0.2, 0) is 0 Å². The minimum Gasteiger partial charge on any atom is -0.395 e. The van der Waals surface area contributed by atoms with E-state index in [9.17, 15) is 5.11 Å². The molecule has 1 fully saturated rings. The SMILES string of the molecule is Cc1ccccc1-n1c(C)cc([C@@H]2[C@H](c3ccccn3)NC(=S)N2CCO)c1C. The Kier molecular flexibility index (Phi) is 5.39. The zero-order chi connectivity index (χ0) is 20.5. The van der Waals surface area contributed by atoms with Gasteiger partial charge in [-0.2, -0.15) is 0 Å². The van der Waals surface area contributed by atoms with Gasteiger partial charge in [-0.25, -0.2) is 0 Å². The molecule has 0 amide bonds.